The van der Waals surface area contributed by atoms with E-state index in [9.17, 15) is 18.0 Å². The second-order valence-corrected chi connectivity index (χ2v) is 4.82. The van der Waals surface area contributed by atoms with Gasteiger partial charge in [-0.25, -0.2) is 9.78 Å². The summed E-state index contributed by atoms with van der Waals surface area (Å²) in [6.45, 7) is 3.52. The van der Waals surface area contributed by atoms with E-state index in [1.165, 1.54) is 19.2 Å². The zero-order chi connectivity index (χ0) is 18.4. The van der Waals surface area contributed by atoms with E-state index in [4.69, 9.17) is 4.74 Å². The number of alkyl halides is 3. The fourth-order valence-electron chi connectivity index (χ4n) is 1.98. The van der Waals surface area contributed by atoms with Crippen LogP contribution < -0.4 is 4.74 Å². The Morgan fingerprint density at radius 1 is 1.16 bits per heavy atom. The fourth-order valence-corrected chi connectivity index (χ4v) is 1.98. The molecule has 1 aromatic carbocycles. The van der Waals surface area contributed by atoms with E-state index in [0.29, 0.717) is 11.1 Å². The first kappa shape index (κ1) is 18.5. The molecule has 0 aliphatic rings. The van der Waals surface area contributed by atoms with E-state index in [-0.39, 0.29) is 18.1 Å². The molecule has 0 saturated carbocycles. The van der Waals surface area contributed by atoms with Crippen molar-refractivity contribution in [2.45, 2.75) is 12.8 Å². The van der Waals surface area contributed by atoms with Crippen LogP contribution in [-0.4, -0.2) is 18.1 Å². The van der Waals surface area contributed by atoms with Crippen molar-refractivity contribution in [3.63, 3.8) is 0 Å². The van der Waals surface area contributed by atoms with Gasteiger partial charge in [-0.2, -0.15) is 18.1 Å². The first-order chi connectivity index (χ1) is 11.8. The molecule has 5 nitrogen and oxygen atoms in total. The maximum atomic E-state index is 12.7. The molecule has 1 heterocycles. The molecule has 0 radical (unpaired) electrons. The van der Waals surface area contributed by atoms with Crippen LogP contribution in [0.25, 0.3) is 5.57 Å². The van der Waals surface area contributed by atoms with Crippen molar-refractivity contribution in [2.75, 3.05) is 7.11 Å². The van der Waals surface area contributed by atoms with Gasteiger partial charge in [0.15, 0.2) is 0 Å². The lowest BCUT2D eigenvalue weighted by molar-refractivity contribution is -0.248. The molecule has 2 aromatic rings. The number of rotatable bonds is 6. The summed E-state index contributed by atoms with van der Waals surface area (Å²) in [4.78, 5) is 23.8. The predicted octanol–water partition coefficient (Wildman–Crippen LogP) is 3.80. The van der Waals surface area contributed by atoms with Crippen molar-refractivity contribution in [3.8, 4) is 5.88 Å². The van der Waals surface area contributed by atoms with Crippen molar-refractivity contribution < 1.29 is 32.5 Å². The van der Waals surface area contributed by atoms with Crippen molar-refractivity contribution in [2.24, 2.45) is 0 Å². The molecule has 8 heteroatoms. The first-order valence-electron chi connectivity index (χ1n) is 7.02. The number of carbonyl (C=O) groups is 1. The van der Waals surface area contributed by atoms with Gasteiger partial charge in [0.25, 0.3) is 0 Å². The smallest absolute Gasteiger partial charge is 0.433 e. The van der Waals surface area contributed by atoms with Crippen LogP contribution in [0.2, 0.25) is 0 Å². The van der Waals surface area contributed by atoms with Gasteiger partial charge in [0.1, 0.15) is 12.3 Å². The highest BCUT2D eigenvalue weighted by atomic mass is 19.4. The quantitative estimate of drug-likeness (QED) is 0.449. The number of nitrogens with zero attached hydrogens (tertiary/aromatic N) is 1. The highest BCUT2D eigenvalue weighted by Gasteiger charge is 2.32. The number of pyridine rings is 1. The summed E-state index contributed by atoms with van der Waals surface area (Å²) in [5.74, 6) is -0.971. The lowest BCUT2D eigenvalue weighted by Crippen LogP contribution is -2.10. The molecule has 0 spiro atoms. The van der Waals surface area contributed by atoms with Gasteiger partial charge in [-0.05, 0) is 17.2 Å². The number of hydrogen-bond acceptors (Lipinski definition) is 5. The Morgan fingerprint density at radius 2 is 1.88 bits per heavy atom. The Hall–Kier alpha value is -2.87. The molecule has 0 aliphatic heterocycles. The summed E-state index contributed by atoms with van der Waals surface area (Å²) in [5, 5.41) is 0. The van der Waals surface area contributed by atoms with Crippen LogP contribution in [0.3, 0.4) is 0 Å². The summed E-state index contributed by atoms with van der Waals surface area (Å²) in [7, 11) is 1.18. The molecule has 0 N–H and O–H groups in total. The molecular weight excluding hydrogens is 339 g/mol. The maximum Gasteiger partial charge on any atom is 0.433 e. The molecule has 0 atom stereocenters. The predicted molar refractivity (Wildman–Crippen MR) is 82.1 cm³/mol. The van der Waals surface area contributed by atoms with Crippen LogP contribution in [0.5, 0.6) is 5.88 Å². The Balaban J connectivity index is 2.17. The van der Waals surface area contributed by atoms with Gasteiger partial charge in [0, 0.05) is 6.07 Å². The van der Waals surface area contributed by atoms with Crippen LogP contribution in [0, 0.1) is 0 Å². The molecule has 25 heavy (non-hydrogen) atoms. The van der Waals surface area contributed by atoms with Gasteiger partial charge >= 0.3 is 12.1 Å². The van der Waals surface area contributed by atoms with Crippen molar-refractivity contribution in [3.05, 3.63) is 65.9 Å². The molecule has 2 rings (SSSR count). The minimum Gasteiger partial charge on any atom is -0.473 e. The van der Waals surface area contributed by atoms with Crippen LogP contribution in [0.4, 0.5) is 13.2 Å². The zero-order valence-electron chi connectivity index (χ0n) is 13.2. The highest BCUT2D eigenvalue weighted by Crippen LogP contribution is 2.29. The second kappa shape index (κ2) is 7.80. The molecule has 1 aromatic heterocycles. The van der Waals surface area contributed by atoms with E-state index < -0.39 is 17.8 Å². The Bertz CT molecular complexity index is 774. The Morgan fingerprint density at radius 3 is 2.56 bits per heavy atom. The fraction of sp³-hybridized carbons (Fsp3) is 0.176. The van der Waals surface area contributed by atoms with Gasteiger partial charge in [-0.3, -0.25) is 4.89 Å². The standard InChI is InChI=1S/C17H14F3NO4/c1-11(16(22)25-23-2)13-7-4-3-6-12(13)10-24-15-9-5-8-14(21-15)17(18,19)20/h3-9H,1,10H2,2H3. The first-order valence-corrected chi connectivity index (χ1v) is 7.02. The van der Waals surface area contributed by atoms with Crippen LogP contribution in [0.1, 0.15) is 16.8 Å². The molecule has 0 aliphatic carbocycles. The third-order valence-electron chi connectivity index (χ3n) is 3.14. The van der Waals surface area contributed by atoms with Crippen molar-refractivity contribution in [1.82, 2.24) is 4.98 Å². The van der Waals surface area contributed by atoms with E-state index in [2.05, 4.69) is 21.3 Å². The van der Waals surface area contributed by atoms with Crippen molar-refractivity contribution >= 4 is 11.5 Å². The molecule has 0 saturated heterocycles. The third-order valence-corrected chi connectivity index (χ3v) is 3.14. The molecule has 0 bridgehead atoms. The van der Waals surface area contributed by atoms with E-state index in [1.807, 2.05) is 0 Å². The lowest BCUT2D eigenvalue weighted by Gasteiger charge is -2.12. The maximum absolute atomic E-state index is 12.7. The van der Waals surface area contributed by atoms with Crippen LogP contribution in [0.15, 0.2) is 49.0 Å². The van der Waals surface area contributed by atoms with E-state index in [1.54, 1.807) is 24.3 Å². The minimum absolute atomic E-state index is 0.0260. The summed E-state index contributed by atoms with van der Waals surface area (Å²) >= 11 is 0. The normalized spacial score (nSPS) is 11.0. The SMILES string of the molecule is C=C(C(=O)OOC)c1ccccc1COc1cccc(C(F)(F)F)n1. The largest absolute Gasteiger partial charge is 0.473 e. The number of ether oxygens (including phenoxy) is 1. The van der Waals surface area contributed by atoms with Crippen LogP contribution in [-0.2, 0) is 27.4 Å². The van der Waals surface area contributed by atoms with E-state index in [0.717, 1.165) is 6.07 Å². The van der Waals surface area contributed by atoms with Crippen molar-refractivity contribution in [1.29, 1.82) is 0 Å². The number of hydrogen-bond donors (Lipinski definition) is 0. The van der Waals surface area contributed by atoms with Gasteiger partial charge in [-0.1, -0.05) is 36.9 Å². The van der Waals surface area contributed by atoms with Gasteiger partial charge in [-0.15, -0.1) is 0 Å². The van der Waals surface area contributed by atoms with E-state index >= 15 is 0 Å². The number of carbonyl (C=O) groups excluding carboxylic acids is 1. The third kappa shape index (κ3) is 4.80. The molecule has 132 valence electrons. The average molecular weight is 353 g/mol. The summed E-state index contributed by atoms with van der Waals surface area (Å²) in [6.07, 6.45) is -4.56. The second-order valence-electron chi connectivity index (χ2n) is 4.82. The topological polar surface area (TPSA) is 57.7 Å². The van der Waals surface area contributed by atoms with Crippen LogP contribution >= 0.6 is 0 Å². The Labute approximate surface area is 141 Å². The average Bonchev–Trinajstić information content (AvgIpc) is 2.59. The number of aromatic nitrogens is 1. The minimum atomic E-state index is -4.56. The van der Waals surface area contributed by atoms with Gasteiger partial charge in [0.05, 0.1) is 12.7 Å². The summed E-state index contributed by atoms with van der Waals surface area (Å²) < 4.78 is 43.3. The monoisotopic (exact) mass is 353 g/mol. The summed E-state index contributed by atoms with van der Waals surface area (Å²) in [6, 6.07) is 9.98. The van der Waals surface area contributed by atoms with Gasteiger partial charge < -0.3 is 4.74 Å². The summed E-state index contributed by atoms with van der Waals surface area (Å²) in [5.41, 5.74) is -0.0688. The van der Waals surface area contributed by atoms with Gasteiger partial charge in [0.2, 0.25) is 5.88 Å². The molecular formula is C17H14F3NO4. The highest BCUT2D eigenvalue weighted by molar-refractivity contribution is 6.15. The Kier molecular flexibility index (Phi) is 5.76. The number of benzene rings is 1. The number of halogens is 3. The lowest BCUT2D eigenvalue weighted by atomic mass is 10.0. The molecule has 0 fully saturated rings. The molecule has 0 amide bonds. The zero-order valence-corrected chi connectivity index (χ0v) is 13.2. The molecule has 0 unspecified atom stereocenters.